The summed E-state index contributed by atoms with van der Waals surface area (Å²) in [6.45, 7) is 6.58. The Hall–Kier alpha value is -3.65. The molecule has 8 nitrogen and oxygen atoms in total. The Labute approximate surface area is 241 Å². The second kappa shape index (κ2) is 10.6. The quantitative estimate of drug-likeness (QED) is 0.497. The summed E-state index contributed by atoms with van der Waals surface area (Å²) in [5, 5.41) is 6.31. The van der Waals surface area contributed by atoms with Gasteiger partial charge < -0.3 is 25.0 Å². The van der Waals surface area contributed by atoms with E-state index in [9.17, 15) is 14.4 Å². The molecule has 2 aromatic rings. The van der Waals surface area contributed by atoms with E-state index in [2.05, 4.69) is 24.5 Å². The molecule has 3 amide bonds. The van der Waals surface area contributed by atoms with Gasteiger partial charge in [0.25, 0.3) is 0 Å². The van der Waals surface area contributed by atoms with Crippen LogP contribution in [0.1, 0.15) is 44.2 Å². The van der Waals surface area contributed by atoms with E-state index in [0.717, 1.165) is 30.4 Å². The molecule has 6 unspecified atom stereocenters. The second-order valence-electron chi connectivity index (χ2n) is 12.3. The van der Waals surface area contributed by atoms with E-state index >= 15 is 0 Å². The highest BCUT2D eigenvalue weighted by Crippen LogP contribution is 2.55. The van der Waals surface area contributed by atoms with Gasteiger partial charge in [-0.05, 0) is 60.6 Å². The smallest absolute Gasteiger partial charge is 0.246 e. The number of carbonyl (C=O) groups is 3. The van der Waals surface area contributed by atoms with Crippen LogP contribution in [0, 0.1) is 30.6 Å². The molecule has 8 atom stereocenters. The Bertz CT molecular complexity index is 1390. The molecule has 41 heavy (non-hydrogen) atoms. The summed E-state index contributed by atoms with van der Waals surface area (Å²) < 4.78 is 11.9. The highest BCUT2D eigenvalue weighted by atomic mass is 16.5. The molecule has 1 aliphatic carbocycles. The van der Waals surface area contributed by atoms with Crippen molar-refractivity contribution in [1.82, 2.24) is 10.2 Å². The van der Waals surface area contributed by atoms with Crippen molar-refractivity contribution in [2.45, 2.75) is 70.4 Å². The summed E-state index contributed by atoms with van der Waals surface area (Å²) in [5.41, 5.74) is 1.32. The number of fused-ring (bicyclic) bond motifs is 1. The number of methoxy groups -OCH3 is 1. The van der Waals surface area contributed by atoms with Gasteiger partial charge in [-0.25, -0.2) is 0 Å². The second-order valence-corrected chi connectivity index (χ2v) is 12.3. The molecule has 0 radical (unpaired) electrons. The summed E-state index contributed by atoms with van der Waals surface area (Å²) in [7, 11) is 1.60. The maximum Gasteiger partial charge on any atom is 0.246 e. The number of ether oxygens (including phenoxy) is 2. The van der Waals surface area contributed by atoms with Crippen molar-refractivity contribution in [3.63, 3.8) is 0 Å². The van der Waals surface area contributed by atoms with Crippen molar-refractivity contribution in [1.29, 1.82) is 0 Å². The number of nitrogens with one attached hydrogen (secondary N) is 2. The molecule has 2 aromatic carbocycles. The van der Waals surface area contributed by atoms with E-state index in [-0.39, 0.29) is 30.3 Å². The fourth-order valence-electron chi connectivity index (χ4n) is 7.40. The number of likely N-dealkylation sites (tertiary alicyclic amines) is 1. The zero-order valence-electron chi connectivity index (χ0n) is 24.1. The Morgan fingerprint density at radius 3 is 2.68 bits per heavy atom. The van der Waals surface area contributed by atoms with Crippen molar-refractivity contribution in [2.24, 2.45) is 23.7 Å². The number of amides is 3. The monoisotopic (exact) mass is 557 g/mol. The normalized spacial score (nSPS) is 33.5. The SMILES string of the molecule is COc1cccc(CN2C(=O)[C@@H]3C(C(=O)Nc4cccc(C)c4)[C@@H]4C=CC3(O4)C2C(=O)NC2CCCC(C)C2C)c1. The molecule has 8 heteroatoms. The van der Waals surface area contributed by atoms with Crippen LogP contribution in [0.25, 0.3) is 0 Å². The fraction of sp³-hybridized carbons (Fsp3) is 0.485. The first-order valence-corrected chi connectivity index (χ1v) is 14.7. The van der Waals surface area contributed by atoms with Crippen LogP contribution in [0.15, 0.2) is 60.7 Å². The lowest BCUT2D eigenvalue weighted by Crippen LogP contribution is -2.57. The number of hydrogen-bond acceptors (Lipinski definition) is 5. The van der Waals surface area contributed by atoms with Gasteiger partial charge in [0.05, 0.1) is 25.0 Å². The van der Waals surface area contributed by atoms with E-state index in [1.165, 1.54) is 0 Å². The van der Waals surface area contributed by atoms with E-state index in [1.807, 2.05) is 67.6 Å². The maximum absolute atomic E-state index is 14.3. The van der Waals surface area contributed by atoms with E-state index in [0.29, 0.717) is 23.3 Å². The van der Waals surface area contributed by atoms with Crippen molar-refractivity contribution in [3.8, 4) is 5.75 Å². The van der Waals surface area contributed by atoms with Crippen LogP contribution < -0.4 is 15.4 Å². The predicted octanol–water partition coefficient (Wildman–Crippen LogP) is 4.23. The first kappa shape index (κ1) is 27.5. The van der Waals surface area contributed by atoms with Gasteiger partial charge in [0, 0.05) is 18.3 Å². The van der Waals surface area contributed by atoms with Gasteiger partial charge in [-0.15, -0.1) is 0 Å². The van der Waals surface area contributed by atoms with E-state index < -0.39 is 29.6 Å². The average Bonchev–Trinajstić information content (AvgIpc) is 3.59. The summed E-state index contributed by atoms with van der Waals surface area (Å²) in [6.07, 6.45) is 6.25. The number of benzene rings is 2. The lowest BCUT2D eigenvalue weighted by Gasteiger charge is -2.38. The zero-order chi connectivity index (χ0) is 28.9. The van der Waals surface area contributed by atoms with Gasteiger partial charge >= 0.3 is 0 Å². The highest BCUT2D eigenvalue weighted by Gasteiger charge is 2.72. The molecule has 1 spiro atoms. The van der Waals surface area contributed by atoms with Gasteiger partial charge in [-0.1, -0.05) is 63.1 Å². The first-order valence-electron chi connectivity index (χ1n) is 14.7. The Balaban J connectivity index is 1.34. The van der Waals surface area contributed by atoms with Crippen LogP contribution in [-0.2, 0) is 25.7 Å². The number of hydrogen-bond donors (Lipinski definition) is 2. The molecule has 3 aliphatic heterocycles. The Morgan fingerprint density at radius 2 is 1.90 bits per heavy atom. The number of aryl methyl sites for hydroxylation is 1. The summed E-state index contributed by atoms with van der Waals surface area (Å²) in [6, 6.07) is 14.2. The van der Waals surface area contributed by atoms with E-state index in [1.54, 1.807) is 12.0 Å². The van der Waals surface area contributed by atoms with E-state index in [4.69, 9.17) is 9.47 Å². The third-order valence-corrected chi connectivity index (χ3v) is 9.73. The van der Waals surface area contributed by atoms with Gasteiger partial charge in [0.1, 0.15) is 17.4 Å². The third-order valence-electron chi connectivity index (χ3n) is 9.73. The molecule has 2 bridgehead atoms. The van der Waals surface area contributed by atoms with Crippen molar-refractivity contribution < 1.29 is 23.9 Å². The maximum atomic E-state index is 14.3. The highest BCUT2D eigenvalue weighted by molar-refractivity contribution is 6.02. The fourth-order valence-corrected chi connectivity index (χ4v) is 7.40. The predicted molar refractivity (Wildman–Crippen MR) is 155 cm³/mol. The minimum atomic E-state index is -1.21. The van der Waals surface area contributed by atoms with Crippen LogP contribution >= 0.6 is 0 Å². The topological polar surface area (TPSA) is 97.0 Å². The number of carbonyl (C=O) groups excluding carboxylic acids is 3. The molecular weight excluding hydrogens is 518 g/mol. The average molecular weight is 558 g/mol. The number of nitrogens with zero attached hydrogens (tertiary/aromatic N) is 1. The summed E-state index contributed by atoms with van der Waals surface area (Å²) in [4.78, 5) is 43.8. The van der Waals surface area contributed by atoms with Crippen LogP contribution in [0.4, 0.5) is 5.69 Å². The van der Waals surface area contributed by atoms with Crippen LogP contribution in [0.2, 0.25) is 0 Å². The number of rotatable bonds is 7. The third kappa shape index (κ3) is 4.72. The lowest BCUT2D eigenvalue weighted by molar-refractivity contribution is -0.142. The van der Waals surface area contributed by atoms with Crippen LogP contribution in [0.5, 0.6) is 5.75 Å². The largest absolute Gasteiger partial charge is 0.497 e. The first-order chi connectivity index (χ1) is 19.7. The molecule has 3 fully saturated rings. The zero-order valence-corrected chi connectivity index (χ0v) is 24.1. The molecule has 2 N–H and O–H groups in total. The number of anilines is 1. The molecule has 216 valence electrons. The van der Waals surface area contributed by atoms with Crippen molar-refractivity contribution in [2.75, 3.05) is 12.4 Å². The molecule has 2 saturated heterocycles. The van der Waals surface area contributed by atoms with Gasteiger partial charge in [0.2, 0.25) is 17.7 Å². The summed E-state index contributed by atoms with van der Waals surface area (Å²) >= 11 is 0. The Morgan fingerprint density at radius 1 is 1.10 bits per heavy atom. The van der Waals surface area contributed by atoms with Crippen molar-refractivity contribution in [3.05, 3.63) is 71.8 Å². The van der Waals surface area contributed by atoms with Gasteiger partial charge in [-0.3, -0.25) is 14.4 Å². The molecule has 1 saturated carbocycles. The minimum absolute atomic E-state index is 0.0264. The minimum Gasteiger partial charge on any atom is -0.497 e. The molecular formula is C33H39N3O5. The van der Waals surface area contributed by atoms with Gasteiger partial charge in [-0.2, -0.15) is 0 Å². The summed E-state index contributed by atoms with van der Waals surface area (Å²) in [5.74, 6) is -0.777. The molecule has 6 rings (SSSR count). The molecule has 4 aliphatic rings. The standard InChI is InChI=1S/C33H39N3O5/c1-19-8-5-11-23(16-19)34-30(37)27-26-14-15-33(41-26)28(27)32(39)36(18-22-10-7-12-24(17-22)40-4)29(33)31(38)35-25-13-6-9-20(2)21(25)3/h5,7-8,10-12,14-17,20-21,25-29H,6,9,13,18H2,1-4H3,(H,34,37)(H,35,38)/t20?,21?,25?,26-,27?,28-,29?,33?/m0/s1. The van der Waals surface area contributed by atoms with Gasteiger partial charge in [0.15, 0.2) is 0 Å². The molecule has 0 aromatic heterocycles. The lowest BCUT2D eigenvalue weighted by atomic mass is 9.73. The van der Waals surface area contributed by atoms with Crippen LogP contribution in [-0.4, -0.2) is 53.5 Å². The van der Waals surface area contributed by atoms with Crippen molar-refractivity contribution >= 4 is 23.4 Å². The van der Waals surface area contributed by atoms with Crippen LogP contribution in [0.3, 0.4) is 0 Å². The molecule has 3 heterocycles. The Kier molecular flexibility index (Phi) is 7.14.